The molecule has 0 fully saturated rings. The molecule has 0 heterocycles. The fourth-order valence-corrected chi connectivity index (χ4v) is 2.75. The largest absolute Gasteiger partial charge is 1.00 e. The van der Waals surface area contributed by atoms with Crippen LogP contribution in [0.25, 0.3) is 0 Å². The van der Waals surface area contributed by atoms with Gasteiger partial charge < -0.3 is 23.8 Å². The van der Waals surface area contributed by atoms with E-state index in [1.54, 1.807) is 6.92 Å². The average Bonchev–Trinajstić information content (AvgIpc) is 2.36. The molecule has 0 aromatic heterocycles. The van der Waals surface area contributed by atoms with Gasteiger partial charge in [0, 0.05) is 5.02 Å². The number of hydrogen-bond donors (Lipinski definition) is 1. The number of ether oxygens (including phenoxy) is 2. The van der Waals surface area contributed by atoms with Crippen LogP contribution < -0.4 is 61.0 Å². The van der Waals surface area contributed by atoms with Gasteiger partial charge in [-0.05, 0) is 24.6 Å². The molecule has 118 valence electrons. The third-order valence-electron chi connectivity index (χ3n) is 2.41. The van der Waals surface area contributed by atoms with Crippen LogP contribution in [0.15, 0.2) is 18.2 Å². The summed E-state index contributed by atoms with van der Waals surface area (Å²) in [5, 5.41) is 0.613. The van der Waals surface area contributed by atoms with Gasteiger partial charge in [0.15, 0.2) is 20.0 Å². The van der Waals surface area contributed by atoms with Gasteiger partial charge in [0.2, 0.25) is 0 Å². The predicted octanol–water partition coefficient (Wildman–Crippen LogP) is -0.409. The monoisotopic (exact) mass is 394 g/mol. The molecule has 0 saturated heterocycles. The summed E-state index contributed by atoms with van der Waals surface area (Å²) < 4.78 is 20.8. The molecule has 0 radical (unpaired) electrons. The van der Waals surface area contributed by atoms with Crippen molar-refractivity contribution in [1.29, 1.82) is 0 Å². The van der Waals surface area contributed by atoms with Crippen LogP contribution in [-0.4, -0.2) is 23.3 Å². The first-order valence-corrected chi connectivity index (χ1v) is 8.45. The Labute approximate surface area is 181 Å². The van der Waals surface area contributed by atoms with Gasteiger partial charge in [0.05, 0.1) is 5.02 Å². The fraction of sp³-hybridized carbons (Fsp3) is 0.417. The summed E-state index contributed by atoms with van der Waals surface area (Å²) in [4.78, 5) is 31.6. The van der Waals surface area contributed by atoms with E-state index in [-0.39, 0.29) is 68.6 Å². The molecule has 1 rings (SSSR count). The van der Waals surface area contributed by atoms with Crippen LogP contribution in [0.2, 0.25) is 10.0 Å². The van der Waals surface area contributed by atoms with Crippen molar-refractivity contribution in [2.75, 3.05) is 6.61 Å². The summed E-state index contributed by atoms with van der Waals surface area (Å²) in [5.74, 6) is -2.29. The summed E-state index contributed by atoms with van der Waals surface area (Å²) in [6.07, 6.45) is 0.430. The standard InChI is InChI=1S/C12H15Cl2O6P.K/c1-2-3-12(21(16,17)18)20-11(15)7-19-10-5-4-8(13)6-9(10)14;/h4-6,12H,2-3,7H2,1H3,(H2,16,17,18);/q;+1/p-1. The molecule has 0 aliphatic carbocycles. The summed E-state index contributed by atoms with van der Waals surface area (Å²) in [6.45, 7) is 1.15. The van der Waals surface area contributed by atoms with Crippen LogP contribution in [0.5, 0.6) is 5.75 Å². The normalized spacial score (nSPS) is 14.4. The Hall–Kier alpha value is 0.856. The molecule has 1 N–H and O–H groups in total. The maximum absolute atomic E-state index is 11.5. The van der Waals surface area contributed by atoms with E-state index in [1.165, 1.54) is 18.2 Å². The Morgan fingerprint density at radius 2 is 2.09 bits per heavy atom. The predicted molar refractivity (Wildman–Crippen MR) is 76.6 cm³/mol. The van der Waals surface area contributed by atoms with Crippen molar-refractivity contribution in [2.24, 2.45) is 0 Å². The molecule has 1 aromatic rings. The van der Waals surface area contributed by atoms with Crippen LogP contribution in [0.4, 0.5) is 0 Å². The number of halogens is 2. The Balaban J connectivity index is 0.00000441. The van der Waals surface area contributed by atoms with Gasteiger partial charge in [-0.25, -0.2) is 4.79 Å². The number of esters is 1. The van der Waals surface area contributed by atoms with Crippen LogP contribution >= 0.6 is 30.8 Å². The molecule has 0 aliphatic heterocycles. The van der Waals surface area contributed by atoms with Gasteiger partial charge in [0.1, 0.15) is 5.75 Å². The topological polar surface area (TPSA) is 95.9 Å². The molecule has 0 amide bonds. The van der Waals surface area contributed by atoms with Gasteiger partial charge >= 0.3 is 57.4 Å². The first-order valence-electron chi connectivity index (χ1n) is 6.05. The molecular formula is C12H14Cl2KO6P. The Kier molecular flexibility index (Phi) is 11.1. The molecule has 0 spiro atoms. The second-order valence-electron chi connectivity index (χ2n) is 4.16. The van der Waals surface area contributed by atoms with Crippen LogP contribution in [0, 0.1) is 0 Å². The maximum atomic E-state index is 11.5. The number of benzene rings is 1. The molecule has 0 saturated carbocycles. The molecular weight excluding hydrogens is 381 g/mol. The van der Waals surface area contributed by atoms with Crippen LogP contribution in [-0.2, 0) is 14.1 Å². The molecule has 1 aromatic carbocycles. The third kappa shape index (κ3) is 8.10. The maximum Gasteiger partial charge on any atom is 1.00 e. The van der Waals surface area contributed by atoms with E-state index in [9.17, 15) is 14.3 Å². The average molecular weight is 395 g/mol. The zero-order valence-electron chi connectivity index (χ0n) is 12.1. The summed E-state index contributed by atoms with van der Waals surface area (Å²) in [5.41, 5.74) is 0. The minimum atomic E-state index is -4.75. The second-order valence-corrected chi connectivity index (χ2v) is 6.71. The van der Waals surface area contributed by atoms with Crippen molar-refractivity contribution in [1.82, 2.24) is 0 Å². The van der Waals surface area contributed by atoms with Crippen molar-refractivity contribution in [2.45, 2.75) is 25.6 Å². The molecule has 10 heteroatoms. The van der Waals surface area contributed by atoms with Gasteiger partial charge in [-0.2, -0.15) is 0 Å². The van der Waals surface area contributed by atoms with Crippen molar-refractivity contribution in [3.8, 4) is 5.75 Å². The molecule has 2 atom stereocenters. The number of carbonyl (C=O) groups excluding carboxylic acids is 1. The SMILES string of the molecule is CCCC(OC(=O)COc1ccc(Cl)cc1Cl)P(=O)([O-])O.[K+]. The van der Waals surface area contributed by atoms with Crippen LogP contribution in [0.3, 0.4) is 0 Å². The number of rotatable bonds is 7. The second kappa shape index (κ2) is 10.7. The van der Waals surface area contributed by atoms with Gasteiger partial charge in [-0.15, -0.1) is 0 Å². The third-order valence-corrected chi connectivity index (χ3v) is 4.03. The van der Waals surface area contributed by atoms with E-state index in [4.69, 9.17) is 32.8 Å². The Bertz CT molecular complexity index is 550. The van der Waals surface area contributed by atoms with E-state index in [1.807, 2.05) is 0 Å². The van der Waals surface area contributed by atoms with Crippen molar-refractivity contribution >= 4 is 36.8 Å². The Morgan fingerprint density at radius 3 is 2.59 bits per heavy atom. The number of carbonyl (C=O) groups is 1. The van der Waals surface area contributed by atoms with Crippen molar-refractivity contribution in [3.05, 3.63) is 28.2 Å². The zero-order valence-corrected chi connectivity index (χ0v) is 17.7. The molecule has 22 heavy (non-hydrogen) atoms. The molecule has 2 unspecified atom stereocenters. The van der Waals surface area contributed by atoms with Crippen LogP contribution in [0.1, 0.15) is 19.8 Å². The molecule has 0 bridgehead atoms. The number of hydrogen-bond acceptors (Lipinski definition) is 5. The van der Waals surface area contributed by atoms with Crippen molar-refractivity contribution < 1.29 is 80.0 Å². The van der Waals surface area contributed by atoms with E-state index in [0.29, 0.717) is 11.4 Å². The molecule has 0 aliphatic rings. The minimum Gasteiger partial charge on any atom is -0.776 e. The van der Waals surface area contributed by atoms with E-state index < -0.39 is 26.0 Å². The zero-order chi connectivity index (χ0) is 16.0. The summed E-state index contributed by atoms with van der Waals surface area (Å²) >= 11 is 11.6. The Morgan fingerprint density at radius 1 is 1.45 bits per heavy atom. The molecule has 6 nitrogen and oxygen atoms in total. The quantitative estimate of drug-likeness (QED) is 0.383. The van der Waals surface area contributed by atoms with E-state index in [0.717, 1.165) is 0 Å². The van der Waals surface area contributed by atoms with Gasteiger partial charge in [0.25, 0.3) is 0 Å². The first kappa shape index (κ1) is 22.9. The van der Waals surface area contributed by atoms with Gasteiger partial charge in [-0.1, -0.05) is 36.5 Å². The summed E-state index contributed by atoms with van der Waals surface area (Å²) in [6, 6.07) is 4.42. The summed E-state index contributed by atoms with van der Waals surface area (Å²) in [7, 11) is -4.75. The van der Waals surface area contributed by atoms with Gasteiger partial charge in [-0.3, -0.25) is 0 Å². The smallest absolute Gasteiger partial charge is 0.776 e. The minimum absolute atomic E-state index is 0. The van der Waals surface area contributed by atoms with E-state index in [2.05, 4.69) is 4.74 Å². The van der Waals surface area contributed by atoms with Crippen molar-refractivity contribution in [3.63, 3.8) is 0 Å². The fourth-order valence-electron chi connectivity index (χ4n) is 1.45. The first-order chi connectivity index (χ1) is 9.74. The van der Waals surface area contributed by atoms with E-state index >= 15 is 0 Å².